The summed E-state index contributed by atoms with van der Waals surface area (Å²) in [5, 5.41) is 12.0. The lowest BCUT2D eigenvalue weighted by Crippen LogP contribution is -2.42. The van der Waals surface area contributed by atoms with Gasteiger partial charge in [-0.2, -0.15) is 0 Å². The molecule has 170 valence electrons. The lowest BCUT2D eigenvalue weighted by molar-refractivity contribution is -0.384. The van der Waals surface area contributed by atoms with Crippen LogP contribution < -0.4 is 0 Å². The van der Waals surface area contributed by atoms with Crippen molar-refractivity contribution >= 4 is 40.6 Å². The summed E-state index contributed by atoms with van der Waals surface area (Å²) in [5.74, 6) is -0.229. The third-order valence-electron chi connectivity index (χ3n) is 5.78. The molecule has 1 aliphatic rings. The van der Waals surface area contributed by atoms with Crippen molar-refractivity contribution in [1.82, 2.24) is 14.5 Å². The molecule has 0 unspecified atom stereocenters. The number of aromatic nitrogens is 2. The van der Waals surface area contributed by atoms with Gasteiger partial charge in [-0.1, -0.05) is 23.2 Å². The SMILES string of the molecule is O=C(C(=O)N1CCC(c2nccn2Cc2cc(Cl)ccc2Cl)CC1)c1ccc([N+](=O)[O-])cc1. The molecule has 0 spiro atoms. The molecule has 1 fully saturated rings. The number of amides is 1. The molecule has 0 bridgehead atoms. The van der Waals surface area contributed by atoms with Gasteiger partial charge >= 0.3 is 0 Å². The molecule has 2 heterocycles. The van der Waals surface area contributed by atoms with Crippen molar-refractivity contribution in [1.29, 1.82) is 0 Å². The Morgan fingerprint density at radius 1 is 1.09 bits per heavy atom. The maximum Gasteiger partial charge on any atom is 0.294 e. The van der Waals surface area contributed by atoms with E-state index in [4.69, 9.17) is 23.2 Å². The van der Waals surface area contributed by atoms with Crippen molar-refractivity contribution in [2.24, 2.45) is 0 Å². The van der Waals surface area contributed by atoms with Gasteiger partial charge in [0.25, 0.3) is 11.6 Å². The molecular weight excluding hydrogens is 467 g/mol. The minimum atomic E-state index is -0.666. The fraction of sp³-hybridized carbons (Fsp3) is 0.261. The second-order valence-corrected chi connectivity index (χ2v) is 8.69. The summed E-state index contributed by atoms with van der Waals surface area (Å²) in [6.45, 7) is 1.38. The first-order chi connectivity index (χ1) is 15.8. The summed E-state index contributed by atoms with van der Waals surface area (Å²) in [4.78, 5) is 41.5. The van der Waals surface area contributed by atoms with E-state index in [1.54, 1.807) is 18.3 Å². The lowest BCUT2D eigenvalue weighted by atomic mass is 9.95. The van der Waals surface area contributed by atoms with E-state index < -0.39 is 16.6 Å². The van der Waals surface area contributed by atoms with E-state index in [0.717, 1.165) is 11.4 Å². The van der Waals surface area contributed by atoms with Crippen LogP contribution in [0.3, 0.4) is 0 Å². The highest BCUT2D eigenvalue weighted by molar-refractivity contribution is 6.42. The smallest absolute Gasteiger partial charge is 0.294 e. The highest BCUT2D eigenvalue weighted by atomic mass is 35.5. The fourth-order valence-corrected chi connectivity index (χ4v) is 4.38. The van der Waals surface area contributed by atoms with E-state index in [1.807, 2.05) is 16.8 Å². The first-order valence-corrected chi connectivity index (χ1v) is 11.1. The predicted molar refractivity (Wildman–Crippen MR) is 124 cm³/mol. The van der Waals surface area contributed by atoms with Crippen LogP contribution in [0.1, 0.15) is 40.5 Å². The van der Waals surface area contributed by atoms with Crippen LogP contribution in [0.4, 0.5) is 5.69 Å². The molecular formula is C23H20Cl2N4O4. The topological polar surface area (TPSA) is 98.3 Å². The average Bonchev–Trinajstić information content (AvgIpc) is 3.29. The van der Waals surface area contributed by atoms with Crippen molar-refractivity contribution in [3.8, 4) is 0 Å². The molecule has 1 aromatic heterocycles. The normalized spacial score (nSPS) is 14.3. The lowest BCUT2D eigenvalue weighted by Gasteiger charge is -2.31. The number of Topliss-reactive ketones (excluding diaryl/α,β-unsaturated/α-hetero) is 1. The van der Waals surface area contributed by atoms with Crippen LogP contribution in [0, 0.1) is 10.1 Å². The molecule has 0 aliphatic carbocycles. The molecule has 10 heteroatoms. The Hall–Kier alpha value is -3.23. The number of piperidine rings is 1. The number of nitro groups is 1. The summed E-state index contributed by atoms with van der Waals surface area (Å²) < 4.78 is 2.03. The maximum atomic E-state index is 12.7. The van der Waals surface area contributed by atoms with E-state index in [-0.39, 0.29) is 17.2 Å². The number of non-ortho nitro benzene ring substituents is 1. The number of carbonyl (C=O) groups is 2. The maximum absolute atomic E-state index is 12.7. The number of benzene rings is 2. The summed E-state index contributed by atoms with van der Waals surface area (Å²) in [7, 11) is 0. The average molecular weight is 487 g/mol. The highest BCUT2D eigenvalue weighted by Crippen LogP contribution is 2.29. The van der Waals surface area contributed by atoms with Gasteiger partial charge in [0, 0.05) is 59.1 Å². The van der Waals surface area contributed by atoms with E-state index in [2.05, 4.69) is 4.98 Å². The van der Waals surface area contributed by atoms with Crippen molar-refractivity contribution in [2.45, 2.75) is 25.3 Å². The molecule has 1 aliphatic heterocycles. The Bertz CT molecular complexity index is 1200. The molecule has 1 saturated heterocycles. The molecule has 0 N–H and O–H groups in total. The van der Waals surface area contributed by atoms with Crippen molar-refractivity contribution in [3.63, 3.8) is 0 Å². The number of hydrogen-bond donors (Lipinski definition) is 0. The van der Waals surface area contributed by atoms with Crippen molar-refractivity contribution < 1.29 is 14.5 Å². The molecule has 4 rings (SSSR count). The van der Waals surface area contributed by atoms with E-state index >= 15 is 0 Å². The molecule has 1 amide bonds. The number of carbonyl (C=O) groups excluding carboxylic acids is 2. The van der Waals surface area contributed by atoms with Crippen LogP contribution in [-0.2, 0) is 11.3 Å². The van der Waals surface area contributed by atoms with Gasteiger partial charge in [0.1, 0.15) is 5.82 Å². The van der Waals surface area contributed by atoms with Crippen molar-refractivity contribution in [2.75, 3.05) is 13.1 Å². The molecule has 0 atom stereocenters. The predicted octanol–water partition coefficient (Wildman–Crippen LogP) is 4.74. The Morgan fingerprint density at radius 3 is 2.45 bits per heavy atom. The Labute approximate surface area is 199 Å². The monoisotopic (exact) mass is 486 g/mol. The number of ketones is 1. The number of nitro benzene ring substituents is 1. The van der Waals surface area contributed by atoms with Gasteiger partial charge in [-0.15, -0.1) is 0 Å². The molecule has 2 aromatic carbocycles. The van der Waals surface area contributed by atoms with Gasteiger partial charge in [0.05, 0.1) is 11.5 Å². The van der Waals surface area contributed by atoms with Crippen LogP contribution >= 0.6 is 23.2 Å². The van der Waals surface area contributed by atoms with Gasteiger partial charge in [-0.25, -0.2) is 4.98 Å². The fourth-order valence-electron chi connectivity index (χ4n) is 4.00. The van der Waals surface area contributed by atoms with Gasteiger partial charge in [0.15, 0.2) is 0 Å². The zero-order valence-electron chi connectivity index (χ0n) is 17.5. The van der Waals surface area contributed by atoms with E-state index in [0.29, 0.717) is 42.5 Å². The summed E-state index contributed by atoms with van der Waals surface area (Å²) in [6, 6.07) is 10.4. The van der Waals surface area contributed by atoms with Gasteiger partial charge in [0.2, 0.25) is 5.78 Å². The molecule has 8 nitrogen and oxygen atoms in total. The highest BCUT2D eigenvalue weighted by Gasteiger charge is 2.30. The van der Waals surface area contributed by atoms with Gasteiger partial charge < -0.3 is 9.47 Å². The molecule has 0 radical (unpaired) electrons. The van der Waals surface area contributed by atoms with Gasteiger partial charge in [-0.3, -0.25) is 19.7 Å². The van der Waals surface area contributed by atoms with Crippen molar-refractivity contribution in [3.05, 3.63) is 92.0 Å². The molecule has 3 aromatic rings. The third-order valence-corrected chi connectivity index (χ3v) is 6.38. The standard InChI is InChI=1S/C23H20Cl2N4O4/c24-18-3-6-20(25)17(13-18)14-28-12-9-26-22(28)16-7-10-27(11-8-16)23(31)21(30)15-1-4-19(5-2-15)29(32)33/h1-6,9,12-13,16H,7-8,10-11,14H2. The number of imidazole rings is 1. The number of likely N-dealkylation sites (tertiary alicyclic amines) is 1. The Kier molecular flexibility index (Phi) is 6.76. The zero-order chi connectivity index (χ0) is 23.5. The third kappa shape index (κ3) is 5.07. The number of hydrogen-bond acceptors (Lipinski definition) is 5. The molecule has 33 heavy (non-hydrogen) atoms. The summed E-state index contributed by atoms with van der Waals surface area (Å²) in [5.41, 5.74) is 0.903. The van der Waals surface area contributed by atoms with Crippen LogP contribution in [0.2, 0.25) is 10.0 Å². The molecule has 0 saturated carbocycles. The Balaban J connectivity index is 1.40. The van der Waals surface area contributed by atoms with Crippen LogP contribution in [0.15, 0.2) is 54.9 Å². The summed E-state index contributed by atoms with van der Waals surface area (Å²) >= 11 is 12.4. The summed E-state index contributed by atoms with van der Waals surface area (Å²) in [6.07, 6.45) is 4.96. The minimum Gasteiger partial charge on any atom is -0.336 e. The zero-order valence-corrected chi connectivity index (χ0v) is 19.0. The number of halogens is 2. The first-order valence-electron chi connectivity index (χ1n) is 10.4. The first kappa shape index (κ1) is 22.9. The number of rotatable bonds is 6. The minimum absolute atomic E-state index is 0.130. The van der Waals surface area contributed by atoms with Crippen LogP contribution in [0.5, 0.6) is 0 Å². The van der Waals surface area contributed by atoms with Crippen LogP contribution in [0.25, 0.3) is 0 Å². The van der Waals surface area contributed by atoms with E-state index in [9.17, 15) is 19.7 Å². The number of nitrogens with zero attached hydrogens (tertiary/aromatic N) is 4. The second kappa shape index (κ2) is 9.72. The quantitative estimate of drug-likeness (QED) is 0.217. The van der Waals surface area contributed by atoms with Crippen LogP contribution in [-0.4, -0.2) is 44.2 Å². The Morgan fingerprint density at radius 2 is 1.79 bits per heavy atom. The largest absolute Gasteiger partial charge is 0.336 e. The van der Waals surface area contributed by atoms with Gasteiger partial charge in [-0.05, 0) is 48.7 Å². The second-order valence-electron chi connectivity index (χ2n) is 7.85. The van der Waals surface area contributed by atoms with E-state index in [1.165, 1.54) is 29.2 Å².